The molecule has 1 N–H and O–H groups in total. The standard InChI is InChI=1S/C12H17FO/c1-3-10(8-14)7-11-4-5-12(13)6-9(11)2/h4-6,10,14H,3,7-8H2,1-2H3. The van der Waals surface area contributed by atoms with Crippen molar-refractivity contribution in [3.63, 3.8) is 0 Å². The summed E-state index contributed by atoms with van der Waals surface area (Å²) in [5.74, 6) is 0.0995. The summed E-state index contributed by atoms with van der Waals surface area (Å²) in [6, 6.07) is 4.83. The van der Waals surface area contributed by atoms with E-state index in [0.29, 0.717) is 5.92 Å². The maximum atomic E-state index is 12.8. The van der Waals surface area contributed by atoms with Crippen LogP contribution in [0.15, 0.2) is 18.2 Å². The molecule has 0 amide bonds. The minimum atomic E-state index is -0.191. The van der Waals surface area contributed by atoms with Gasteiger partial charge in [0.25, 0.3) is 0 Å². The van der Waals surface area contributed by atoms with E-state index in [1.165, 1.54) is 6.07 Å². The van der Waals surface area contributed by atoms with Crippen LogP contribution >= 0.6 is 0 Å². The van der Waals surface area contributed by atoms with Crippen LogP contribution in [0.5, 0.6) is 0 Å². The highest BCUT2D eigenvalue weighted by Gasteiger charge is 2.08. The van der Waals surface area contributed by atoms with E-state index in [1.807, 2.05) is 13.0 Å². The lowest BCUT2D eigenvalue weighted by molar-refractivity contribution is 0.222. The summed E-state index contributed by atoms with van der Waals surface area (Å²) in [7, 11) is 0. The summed E-state index contributed by atoms with van der Waals surface area (Å²) in [4.78, 5) is 0. The van der Waals surface area contributed by atoms with Gasteiger partial charge in [0.2, 0.25) is 0 Å². The Hall–Kier alpha value is -0.890. The number of aliphatic hydroxyl groups excluding tert-OH is 1. The van der Waals surface area contributed by atoms with Gasteiger partial charge < -0.3 is 5.11 Å². The van der Waals surface area contributed by atoms with Crippen LogP contribution in [0.2, 0.25) is 0 Å². The Morgan fingerprint density at radius 3 is 2.64 bits per heavy atom. The van der Waals surface area contributed by atoms with Gasteiger partial charge in [0.15, 0.2) is 0 Å². The summed E-state index contributed by atoms with van der Waals surface area (Å²) in [5, 5.41) is 9.06. The zero-order valence-electron chi connectivity index (χ0n) is 8.76. The SMILES string of the molecule is CCC(CO)Cc1ccc(F)cc1C. The molecule has 0 aromatic heterocycles. The van der Waals surface area contributed by atoms with Crippen LogP contribution in [0, 0.1) is 18.7 Å². The second-order valence-corrected chi connectivity index (χ2v) is 3.73. The highest BCUT2D eigenvalue weighted by atomic mass is 19.1. The van der Waals surface area contributed by atoms with Crippen LogP contribution < -0.4 is 0 Å². The van der Waals surface area contributed by atoms with E-state index in [1.54, 1.807) is 6.07 Å². The fourth-order valence-electron chi connectivity index (χ4n) is 1.54. The topological polar surface area (TPSA) is 20.2 Å². The Morgan fingerprint density at radius 2 is 2.14 bits per heavy atom. The fraction of sp³-hybridized carbons (Fsp3) is 0.500. The van der Waals surface area contributed by atoms with Gasteiger partial charge in [0.1, 0.15) is 5.82 Å². The van der Waals surface area contributed by atoms with Crippen molar-refractivity contribution in [1.82, 2.24) is 0 Å². The Bertz CT molecular complexity index is 292. The van der Waals surface area contributed by atoms with Gasteiger partial charge in [0.05, 0.1) is 0 Å². The van der Waals surface area contributed by atoms with Crippen LogP contribution in [0.4, 0.5) is 4.39 Å². The van der Waals surface area contributed by atoms with Gasteiger partial charge >= 0.3 is 0 Å². The first kappa shape index (κ1) is 11.2. The summed E-state index contributed by atoms with van der Waals surface area (Å²) >= 11 is 0. The van der Waals surface area contributed by atoms with Gasteiger partial charge in [-0.1, -0.05) is 19.4 Å². The Labute approximate surface area is 84.6 Å². The van der Waals surface area contributed by atoms with Crippen molar-refractivity contribution in [3.8, 4) is 0 Å². The molecule has 0 spiro atoms. The van der Waals surface area contributed by atoms with Gasteiger partial charge in [0, 0.05) is 6.61 Å². The van der Waals surface area contributed by atoms with Crippen molar-refractivity contribution >= 4 is 0 Å². The minimum absolute atomic E-state index is 0.191. The van der Waals surface area contributed by atoms with E-state index in [2.05, 4.69) is 6.92 Å². The quantitative estimate of drug-likeness (QED) is 0.785. The first-order valence-electron chi connectivity index (χ1n) is 5.03. The monoisotopic (exact) mass is 196 g/mol. The summed E-state index contributed by atoms with van der Waals surface area (Å²) in [6.45, 7) is 4.16. The van der Waals surface area contributed by atoms with Crippen molar-refractivity contribution in [2.75, 3.05) is 6.61 Å². The molecule has 0 fully saturated rings. The zero-order chi connectivity index (χ0) is 10.6. The van der Waals surface area contributed by atoms with Gasteiger partial charge in [-0.3, -0.25) is 0 Å². The van der Waals surface area contributed by atoms with Crippen LogP contribution in [0.25, 0.3) is 0 Å². The van der Waals surface area contributed by atoms with Gasteiger partial charge in [-0.05, 0) is 42.5 Å². The van der Waals surface area contributed by atoms with Gasteiger partial charge in [-0.2, -0.15) is 0 Å². The lowest BCUT2D eigenvalue weighted by Gasteiger charge is -2.13. The van der Waals surface area contributed by atoms with E-state index in [4.69, 9.17) is 5.11 Å². The molecule has 0 heterocycles. The number of aryl methyl sites for hydroxylation is 1. The Balaban J connectivity index is 2.76. The molecule has 1 unspecified atom stereocenters. The number of rotatable bonds is 4. The molecule has 1 atom stereocenters. The molecule has 1 nitrogen and oxygen atoms in total. The maximum absolute atomic E-state index is 12.8. The molecule has 0 radical (unpaired) electrons. The molecule has 1 aromatic carbocycles. The zero-order valence-corrected chi connectivity index (χ0v) is 8.76. The van der Waals surface area contributed by atoms with Crippen molar-refractivity contribution in [2.24, 2.45) is 5.92 Å². The molecule has 0 aliphatic carbocycles. The third-order valence-corrected chi connectivity index (χ3v) is 2.65. The van der Waals surface area contributed by atoms with Crippen molar-refractivity contribution < 1.29 is 9.50 Å². The molecular formula is C12H17FO. The fourth-order valence-corrected chi connectivity index (χ4v) is 1.54. The maximum Gasteiger partial charge on any atom is 0.123 e. The average molecular weight is 196 g/mol. The van der Waals surface area contributed by atoms with Crippen molar-refractivity contribution in [3.05, 3.63) is 35.1 Å². The summed E-state index contributed by atoms with van der Waals surface area (Å²) in [6.07, 6.45) is 1.78. The molecule has 0 bridgehead atoms. The molecule has 14 heavy (non-hydrogen) atoms. The van der Waals surface area contributed by atoms with Crippen molar-refractivity contribution in [1.29, 1.82) is 0 Å². The van der Waals surface area contributed by atoms with Crippen LogP contribution in [-0.2, 0) is 6.42 Å². The van der Waals surface area contributed by atoms with Crippen LogP contribution in [0.1, 0.15) is 24.5 Å². The molecule has 0 aliphatic rings. The number of hydrogen-bond donors (Lipinski definition) is 1. The van der Waals surface area contributed by atoms with E-state index >= 15 is 0 Å². The largest absolute Gasteiger partial charge is 0.396 e. The van der Waals surface area contributed by atoms with Gasteiger partial charge in [-0.15, -0.1) is 0 Å². The predicted molar refractivity (Wildman–Crippen MR) is 55.7 cm³/mol. The lowest BCUT2D eigenvalue weighted by atomic mass is 9.95. The van der Waals surface area contributed by atoms with Crippen LogP contribution in [0.3, 0.4) is 0 Å². The Kier molecular flexibility index (Phi) is 4.08. The Morgan fingerprint density at radius 1 is 1.43 bits per heavy atom. The number of hydrogen-bond acceptors (Lipinski definition) is 1. The van der Waals surface area contributed by atoms with E-state index in [0.717, 1.165) is 24.0 Å². The van der Waals surface area contributed by atoms with E-state index in [-0.39, 0.29) is 12.4 Å². The molecule has 1 aromatic rings. The molecule has 2 heteroatoms. The highest BCUT2D eigenvalue weighted by molar-refractivity contribution is 5.26. The second-order valence-electron chi connectivity index (χ2n) is 3.73. The number of halogens is 1. The lowest BCUT2D eigenvalue weighted by Crippen LogP contribution is -2.09. The molecule has 0 saturated heterocycles. The summed E-state index contributed by atoms with van der Waals surface area (Å²) in [5.41, 5.74) is 2.10. The van der Waals surface area contributed by atoms with Crippen molar-refractivity contribution in [2.45, 2.75) is 26.7 Å². The second kappa shape index (κ2) is 5.11. The first-order valence-corrected chi connectivity index (χ1v) is 5.03. The van der Waals surface area contributed by atoms with E-state index < -0.39 is 0 Å². The molecule has 0 saturated carbocycles. The van der Waals surface area contributed by atoms with Gasteiger partial charge in [-0.25, -0.2) is 4.39 Å². The normalized spacial score (nSPS) is 12.9. The summed E-state index contributed by atoms with van der Waals surface area (Å²) < 4.78 is 12.8. The highest BCUT2D eigenvalue weighted by Crippen LogP contribution is 2.16. The molecule has 78 valence electrons. The predicted octanol–water partition coefficient (Wildman–Crippen LogP) is 2.70. The first-order chi connectivity index (χ1) is 6.67. The smallest absolute Gasteiger partial charge is 0.123 e. The number of benzene rings is 1. The molecular weight excluding hydrogens is 179 g/mol. The number of aliphatic hydroxyl groups is 1. The average Bonchev–Trinajstić information content (AvgIpc) is 2.17. The molecule has 1 rings (SSSR count). The third-order valence-electron chi connectivity index (χ3n) is 2.65. The van der Waals surface area contributed by atoms with Crippen LogP contribution in [-0.4, -0.2) is 11.7 Å². The van der Waals surface area contributed by atoms with E-state index in [9.17, 15) is 4.39 Å². The minimum Gasteiger partial charge on any atom is -0.396 e. The molecule has 0 aliphatic heterocycles. The third kappa shape index (κ3) is 2.81.